The van der Waals surface area contributed by atoms with Crippen molar-refractivity contribution in [3.63, 3.8) is 0 Å². The molecule has 3 heterocycles. The Balaban J connectivity index is 0.991. The molecule has 12 aromatic rings. The molecule has 5 nitrogen and oxygen atoms in total. The van der Waals surface area contributed by atoms with Gasteiger partial charge in [-0.15, -0.1) is 0 Å². The monoisotopic (exact) mass is 793 g/mol. The lowest BCUT2D eigenvalue weighted by atomic mass is 9.94. The number of hydrogen-bond acceptors (Lipinski definition) is 5. The van der Waals surface area contributed by atoms with Crippen LogP contribution in [0.4, 0.5) is 0 Å². The van der Waals surface area contributed by atoms with Crippen LogP contribution in [0.5, 0.6) is 0 Å². The van der Waals surface area contributed by atoms with Gasteiger partial charge in [0.25, 0.3) is 0 Å². The number of hydrogen-bond donors (Lipinski definition) is 0. The maximum atomic E-state index is 6.77. The van der Waals surface area contributed by atoms with Gasteiger partial charge in [-0.3, -0.25) is 0 Å². The molecule has 0 spiro atoms. The summed E-state index contributed by atoms with van der Waals surface area (Å²) in [5.74, 6) is 1.92. The van der Waals surface area contributed by atoms with E-state index in [2.05, 4.69) is 170 Å². The lowest BCUT2D eigenvalue weighted by molar-refractivity contribution is 0.669. The van der Waals surface area contributed by atoms with Crippen LogP contribution in [-0.4, -0.2) is 15.0 Å². The van der Waals surface area contributed by atoms with E-state index >= 15 is 0 Å². The van der Waals surface area contributed by atoms with Crippen molar-refractivity contribution in [3.8, 4) is 45.0 Å². The predicted octanol–water partition coefficient (Wildman–Crippen LogP) is 13.4. The molecule has 0 bridgehead atoms. The highest BCUT2D eigenvalue weighted by Crippen LogP contribution is 2.41. The molecule has 62 heavy (non-hydrogen) atoms. The minimum atomic E-state index is -0.0530. The lowest BCUT2D eigenvalue weighted by Gasteiger charge is -2.16. The Morgan fingerprint density at radius 2 is 1.13 bits per heavy atom. The molecule has 5 heteroatoms. The summed E-state index contributed by atoms with van der Waals surface area (Å²) in [5, 5.41) is 11.2. The summed E-state index contributed by atoms with van der Waals surface area (Å²) >= 11 is 0. The first kappa shape index (κ1) is 34.7. The number of para-hydroxylation sites is 2. The largest absolute Gasteiger partial charge is 0.456 e. The Hall–Kier alpha value is -8.15. The number of fused-ring (bicyclic) bond motifs is 10. The van der Waals surface area contributed by atoms with Gasteiger partial charge >= 0.3 is 0 Å². The lowest BCUT2D eigenvalue weighted by Crippen LogP contribution is -2.29. The first-order valence-electron chi connectivity index (χ1n) is 21.1. The second-order valence-electron chi connectivity index (χ2n) is 16.3. The van der Waals surface area contributed by atoms with Crippen LogP contribution in [-0.2, 0) is 0 Å². The molecule has 13 rings (SSSR count). The summed E-state index contributed by atoms with van der Waals surface area (Å²) in [7, 11) is 0. The standard InChI is InChI=1S/C57H35N3O2/c1-2-10-34(11-3-1)37-21-22-39-32-42(25-23-38(39)30-37)55-58-56(43-26-28-44-40(33-43)27-29-51-52(44)46-14-6-7-18-49(46)61-51)60-57(59-55)48-17-9-19-50-53(48)47-16-8-15-45(54(47)62-50)41-24-20-35-12-4-5-13-36(35)31-41/h1-24,26-33,42H,25H2. The summed E-state index contributed by atoms with van der Waals surface area (Å²) in [6.45, 7) is 0. The quantitative estimate of drug-likeness (QED) is 0.174. The molecule has 3 aromatic heterocycles. The molecule has 0 saturated heterocycles. The maximum absolute atomic E-state index is 6.77. The molecule has 0 fully saturated rings. The van der Waals surface area contributed by atoms with Crippen molar-refractivity contribution in [2.45, 2.75) is 12.3 Å². The van der Waals surface area contributed by atoms with Crippen LogP contribution in [0.25, 0.3) is 123 Å². The average molecular weight is 794 g/mol. The number of furan rings is 2. The van der Waals surface area contributed by atoms with Gasteiger partial charge in [0.05, 0.1) is 0 Å². The van der Waals surface area contributed by atoms with Crippen molar-refractivity contribution in [1.29, 1.82) is 0 Å². The van der Waals surface area contributed by atoms with Gasteiger partial charge < -0.3 is 8.83 Å². The Labute approximate surface area is 355 Å². The molecule has 0 saturated carbocycles. The molecule has 9 aromatic carbocycles. The van der Waals surface area contributed by atoms with E-state index in [0.717, 1.165) is 89.1 Å². The minimum Gasteiger partial charge on any atom is -0.456 e. The van der Waals surface area contributed by atoms with Crippen LogP contribution in [0.1, 0.15) is 18.2 Å². The molecule has 0 aliphatic heterocycles. The zero-order valence-corrected chi connectivity index (χ0v) is 33.4. The third-order valence-corrected chi connectivity index (χ3v) is 12.6. The van der Waals surface area contributed by atoms with Gasteiger partial charge in [-0.1, -0.05) is 158 Å². The third-order valence-electron chi connectivity index (χ3n) is 12.6. The summed E-state index contributed by atoms with van der Waals surface area (Å²) < 4.78 is 13.0. The number of benzene rings is 9. The van der Waals surface area contributed by atoms with E-state index in [0.29, 0.717) is 11.6 Å². The van der Waals surface area contributed by atoms with E-state index in [4.69, 9.17) is 23.8 Å². The Morgan fingerprint density at radius 1 is 0.403 bits per heavy atom. The first-order valence-corrected chi connectivity index (χ1v) is 21.1. The van der Waals surface area contributed by atoms with Crippen LogP contribution in [0.15, 0.2) is 191 Å². The molecule has 1 atom stereocenters. The highest BCUT2D eigenvalue weighted by atomic mass is 16.3. The Morgan fingerprint density at radius 3 is 2.08 bits per heavy atom. The van der Waals surface area contributed by atoms with Crippen molar-refractivity contribution < 1.29 is 8.83 Å². The minimum absolute atomic E-state index is 0.0530. The number of aromatic nitrogens is 3. The average Bonchev–Trinajstić information content (AvgIpc) is 3.93. The van der Waals surface area contributed by atoms with E-state index in [1.807, 2.05) is 24.3 Å². The van der Waals surface area contributed by atoms with Crippen LogP contribution >= 0.6 is 0 Å². The van der Waals surface area contributed by atoms with Crippen molar-refractivity contribution >= 4 is 77.6 Å². The van der Waals surface area contributed by atoms with Gasteiger partial charge in [-0.05, 0) is 91.5 Å². The van der Waals surface area contributed by atoms with Crippen molar-refractivity contribution in [3.05, 3.63) is 198 Å². The molecule has 0 amide bonds. The number of rotatable bonds is 5. The van der Waals surface area contributed by atoms with Gasteiger partial charge in [0.2, 0.25) is 0 Å². The van der Waals surface area contributed by atoms with Crippen LogP contribution in [0.2, 0.25) is 0 Å². The second-order valence-corrected chi connectivity index (χ2v) is 16.3. The van der Waals surface area contributed by atoms with Gasteiger partial charge in [-0.2, -0.15) is 0 Å². The number of nitrogens with zero attached hydrogens (tertiary/aromatic N) is 3. The zero-order chi connectivity index (χ0) is 40.7. The Bertz CT molecular complexity index is 3920. The zero-order valence-electron chi connectivity index (χ0n) is 33.4. The topological polar surface area (TPSA) is 65.0 Å². The summed E-state index contributed by atoms with van der Waals surface area (Å²) in [4.78, 5) is 16.0. The molecule has 1 aliphatic carbocycles. The highest BCUT2D eigenvalue weighted by molar-refractivity contribution is 6.19. The van der Waals surface area contributed by atoms with E-state index in [-0.39, 0.29) is 5.92 Å². The van der Waals surface area contributed by atoms with E-state index in [1.54, 1.807) is 0 Å². The fourth-order valence-electron chi connectivity index (χ4n) is 9.55. The van der Waals surface area contributed by atoms with Crippen molar-refractivity contribution in [1.82, 2.24) is 15.0 Å². The normalized spacial score (nSPS) is 13.8. The molecular formula is C57H35N3O2. The fourth-order valence-corrected chi connectivity index (χ4v) is 9.55. The fraction of sp³-hybridized carbons (Fsp3) is 0.0351. The predicted molar refractivity (Wildman–Crippen MR) is 253 cm³/mol. The second kappa shape index (κ2) is 13.7. The van der Waals surface area contributed by atoms with E-state index < -0.39 is 0 Å². The van der Waals surface area contributed by atoms with Gasteiger partial charge in [-0.25, -0.2) is 15.0 Å². The molecule has 0 N–H and O–H groups in total. The molecule has 1 aliphatic rings. The van der Waals surface area contributed by atoms with Gasteiger partial charge in [0, 0.05) is 44.2 Å². The highest BCUT2D eigenvalue weighted by Gasteiger charge is 2.22. The van der Waals surface area contributed by atoms with Crippen molar-refractivity contribution in [2.75, 3.05) is 0 Å². The van der Waals surface area contributed by atoms with E-state index in [9.17, 15) is 0 Å². The molecular weight excluding hydrogens is 759 g/mol. The summed E-state index contributed by atoms with van der Waals surface area (Å²) in [6.07, 6.45) is 5.41. The van der Waals surface area contributed by atoms with E-state index in [1.165, 1.54) is 32.3 Å². The smallest absolute Gasteiger partial charge is 0.164 e. The molecule has 290 valence electrons. The summed E-state index contributed by atoms with van der Waals surface area (Å²) in [6, 6.07) is 63.8. The molecule has 0 radical (unpaired) electrons. The van der Waals surface area contributed by atoms with Crippen LogP contribution < -0.4 is 10.4 Å². The Kier molecular flexibility index (Phi) is 7.66. The van der Waals surface area contributed by atoms with Crippen LogP contribution in [0.3, 0.4) is 0 Å². The van der Waals surface area contributed by atoms with Crippen LogP contribution in [0, 0.1) is 0 Å². The maximum Gasteiger partial charge on any atom is 0.164 e. The third kappa shape index (κ3) is 5.59. The SMILES string of the molecule is C1=c2ccc(-c3ccccc3)cc2=CCC1c1nc(-c2ccc3c(ccc4oc5ccccc5c43)c2)nc(-c2cccc3oc4c(-c5ccc6ccccc6c5)cccc4c23)n1. The van der Waals surface area contributed by atoms with Gasteiger partial charge in [0.1, 0.15) is 28.2 Å². The first-order chi connectivity index (χ1) is 30.7. The van der Waals surface area contributed by atoms with Gasteiger partial charge in [0.15, 0.2) is 11.6 Å². The van der Waals surface area contributed by atoms with Crippen molar-refractivity contribution in [2.24, 2.45) is 0 Å². The summed E-state index contributed by atoms with van der Waals surface area (Å²) in [5.41, 5.74) is 9.79. The molecule has 1 unspecified atom stereocenters.